The number of aromatic amines is 1. The number of imidazole rings is 1. The second kappa shape index (κ2) is 8.92. The molecule has 1 fully saturated rings. The molecule has 7 heteroatoms. The van der Waals surface area contributed by atoms with E-state index in [0.29, 0.717) is 12.1 Å². The van der Waals surface area contributed by atoms with E-state index < -0.39 is 0 Å². The maximum atomic E-state index is 12.7. The molecular weight excluding hydrogens is 380 g/mol. The highest BCUT2D eigenvalue weighted by Gasteiger charge is 2.22. The smallest absolute Gasteiger partial charge is 0.278 e. The summed E-state index contributed by atoms with van der Waals surface area (Å²) in [6.07, 6.45) is 5.47. The number of aromatic nitrogens is 3. The first-order valence-corrected chi connectivity index (χ1v) is 10.7. The summed E-state index contributed by atoms with van der Waals surface area (Å²) in [7, 11) is 0. The zero-order valence-electron chi connectivity index (χ0n) is 17.9. The Labute approximate surface area is 176 Å². The highest BCUT2D eigenvalue weighted by atomic mass is 16.5. The van der Waals surface area contributed by atoms with Gasteiger partial charge in [-0.3, -0.25) is 9.69 Å². The molecule has 4 rings (SSSR count). The highest BCUT2D eigenvalue weighted by Crippen LogP contribution is 2.31. The van der Waals surface area contributed by atoms with E-state index in [1.54, 1.807) is 6.33 Å². The number of hydrogen-bond donors (Lipinski definition) is 1. The zero-order chi connectivity index (χ0) is 21.1. The topological polar surface area (TPSA) is 72.4 Å². The van der Waals surface area contributed by atoms with Gasteiger partial charge in [0.25, 0.3) is 5.56 Å². The van der Waals surface area contributed by atoms with Crippen LogP contribution in [0, 0.1) is 0 Å². The van der Waals surface area contributed by atoms with Crippen LogP contribution >= 0.6 is 0 Å². The molecule has 3 heterocycles. The standard InChI is InChI=1S/C23H30N4O3/c1-4-29-21-13-17(5-6-20(21)30-16(2)3)14-26-10-7-18(8-11-26)27-12-9-19-22(23(27)28)25-15-24-19/h5-6,9,12-13,15-16,18H,4,7-8,10-11,14H2,1-3H3,(H,24,25). The fraction of sp³-hybridized carbons (Fsp3) is 0.478. The van der Waals surface area contributed by atoms with Crippen LogP contribution in [0.1, 0.15) is 45.2 Å². The van der Waals surface area contributed by atoms with Crippen LogP contribution in [0.4, 0.5) is 0 Å². The van der Waals surface area contributed by atoms with Gasteiger partial charge in [-0.2, -0.15) is 0 Å². The number of rotatable bonds is 7. The van der Waals surface area contributed by atoms with Gasteiger partial charge in [-0.15, -0.1) is 0 Å². The van der Waals surface area contributed by atoms with Crippen LogP contribution < -0.4 is 15.0 Å². The van der Waals surface area contributed by atoms with Crippen molar-refractivity contribution in [1.82, 2.24) is 19.4 Å². The zero-order valence-corrected chi connectivity index (χ0v) is 17.9. The van der Waals surface area contributed by atoms with Crippen LogP contribution in [0.25, 0.3) is 11.0 Å². The molecule has 30 heavy (non-hydrogen) atoms. The number of benzene rings is 1. The molecule has 0 unspecified atom stereocenters. The third-order valence-electron chi connectivity index (χ3n) is 5.54. The molecule has 1 aliphatic heterocycles. The average Bonchev–Trinajstić information content (AvgIpc) is 3.21. The number of hydrogen-bond acceptors (Lipinski definition) is 5. The summed E-state index contributed by atoms with van der Waals surface area (Å²) in [6, 6.07) is 8.36. The van der Waals surface area contributed by atoms with Crippen molar-refractivity contribution in [2.45, 2.75) is 52.3 Å². The Balaban J connectivity index is 1.41. The van der Waals surface area contributed by atoms with Gasteiger partial charge < -0.3 is 19.0 Å². The second-order valence-corrected chi connectivity index (χ2v) is 8.08. The van der Waals surface area contributed by atoms with Crippen LogP contribution in [-0.2, 0) is 6.54 Å². The van der Waals surface area contributed by atoms with E-state index in [1.807, 2.05) is 43.7 Å². The lowest BCUT2D eigenvalue weighted by Crippen LogP contribution is -2.37. The van der Waals surface area contributed by atoms with Gasteiger partial charge in [-0.25, -0.2) is 4.98 Å². The van der Waals surface area contributed by atoms with Crippen LogP contribution in [0.2, 0.25) is 0 Å². The van der Waals surface area contributed by atoms with Crippen molar-refractivity contribution in [1.29, 1.82) is 0 Å². The Morgan fingerprint density at radius 2 is 2.00 bits per heavy atom. The molecule has 0 aliphatic carbocycles. The van der Waals surface area contributed by atoms with Gasteiger partial charge in [-0.05, 0) is 57.4 Å². The van der Waals surface area contributed by atoms with E-state index in [-0.39, 0.29) is 17.7 Å². The Kier molecular flexibility index (Phi) is 6.08. The van der Waals surface area contributed by atoms with Crippen molar-refractivity contribution in [3.8, 4) is 11.5 Å². The lowest BCUT2D eigenvalue weighted by molar-refractivity contribution is 0.177. The molecular formula is C23H30N4O3. The number of fused-ring (bicyclic) bond motifs is 1. The van der Waals surface area contributed by atoms with E-state index >= 15 is 0 Å². The van der Waals surface area contributed by atoms with E-state index in [0.717, 1.165) is 49.5 Å². The first-order valence-electron chi connectivity index (χ1n) is 10.7. The summed E-state index contributed by atoms with van der Waals surface area (Å²) in [4.78, 5) is 22.3. The summed E-state index contributed by atoms with van der Waals surface area (Å²) < 4.78 is 13.5. The Morgan fingerprint density at radius 3 is 2.73 bits per heavy atom. The summed E-state index contributed by atoms with van der Waals surface area (Å²) in [6.45, 7) is 9.39. The van der Waals surface area contributed by atoms with Crippen molar-refractivity contribution in [2.75, 3.05) is 19.7 Å². The Bertz CT molecular complexity index is 1050. The molecule has 1 saturated heterocycles. The summed E-state index contributed by atoms with van der Waals surface area (Å²) in [5, 5.41) is 0. The summed E-state index contributed by atoms with van der Waals surface area (Å²) in [5.74, 6) is 1.60. The van der Waals surface area contributed by atoms with Crippen LogP contribution in [0.15, 0.2) is 41.6 Å². The SMILES string of the molecule is CCOc1cc(CN2CCC(n3ccc4[nH]cnc4c3=O)CC2)ccc1OC(C)C. The molecule has 0 saturated carbocycles. The number of nitrogens with zero attached hydrogens (tertiary/aromatic N) is 3. The molecule has 1 aliphatic rings. The normalized spacial score (nSPS) is 15.7. The van der Waals surface area contributed by atoms with Crippen molar-refractivity contribution >= 4 is 11.0 Å². The van der Waals surface area contributed by atoms with Crippen molar-refractivity contribution in [3.05, 3.63) is 52.7 Å². The Morgan fingerprint density at radius 1 is 1.20 bits per heavy atom. The number of piperidine rings is 1. The molecule has 3 aromatic rings. The number of pyridine rings is 1. The van der Waals surface area contributed by atoms with Crippen molar-refractivity contribution in [2.24, 2.45) is 0 Å². The minimum Gasteiger partial charge on any atom is -0.490 e. The molecule has 0 amide bonds. The first kappa shape index (κ1) is 20.5. The van der Waals surface area contributed by atoms with E-state index in [1.165, 1.54) is 5.56 Å². The van der Waals surface area contributed by atoms with E-state index in [2.05, 4.69) is 27.0 Å². The largest absolute Gasteiger partial charge is 0.490 e. The fourth-order valence-corrected chi connectivity index (χ4v) is 4.12. The third-order valence-corrected chi connectivity index (χ3v) is 5.54. The lowest BCUT2D eigenvalue weighted by Gasteiger charge is -2.33. The van der Waals surface area contributed by atoms with E-state index in [9.17, 15) is 4.79 Å². The highest BCUT2D eigenvalue weighted by molar-refractivity contribution is 5.72. The van der Waals surface area contributed by atoms with Crippen LogP contribution in [0.5, 0.6) is 11.5 Å². The molecule has 2 aromatic heterocycles. The molecule has 0 spiro atoms. The molecule has 0 atom stereocenters. The monoisotopic (exact) mass is 410 g/mol. The van der Waals surface area contributed by atoms with Crippen molar-refractivity contribution < 1.29 is 9.47 Å². The minimum absolute atomic E-state index is 0.00528. The quantitative estimate of drug-likeness (QED) is 0.642. The fourth-order valence-electron chi connectivity index (χ4n) is 4.12. The molecule has 7 nitrogen and oxygen atoms in total. The summed E-state index contributed by atoms with van der Waals surface area (Å²) >= 11 is 0. The van der Waals surface area contributed by atoms with Gasteiger partial charge in [0.05, 0.1) is 24.6 Å². The average molecular weight is 411 g/mol. The van der Waals surface area contributed by atoms with Crippen LogP contribution in [0.3, 0.4) is 0 Å². The van der Waals surface area contributed by atoms with Gasteiger partial charge in [0.1, 0.15) is 0 Å². The van der Waals surface area contributed by atoms with Gasteiger partial charge in [-0.1, -0.05) is 6.07 Å². The van der Waals surface area contributed by atoms with Gasteiger partial charge in [0, 0.05) is 31.9 Å². The molecule has 1 aromatic carbocycles. The third kappa shape index (κ3) is 4.36. The molecule has 160 valence electrons. The van der Waals surface area contributed by atoms with Gasteiger partial charge in [0.15, 0.2) is 17.0 Å². The van der Waals surface area contributed by atoms with Crippen molar-refractivity contribution in [3.63, 3.8) is 0 Å². The van der Waals surface area contributed by atoms with E-state index in [4.69, 9.17) is 9.47 Å². The Hall–Kier alpha value is -2.80. The molecule has 0 bridgehead atoms. The minimum atomic E-state index is -0.00528. The number of ether oxygens (including phenoxy) is 2. The number of likely N-dealkylation sites (tertiary alicyclic amines) is 1. The number of nitrogens with one attached hydrogen (secondary N) is 1. The summed E-state index contributed by atoms with van der Waals surface area (Å²) in [5.41, 5.74) is 2.52. The molecule has 1 N–H and O–H groups in total. The number of H-pyrrole nitrogens is 1. The molecule has 0 radical (unpaired) electrons. The maximum absolute atomic E-state index is 12.7. The van der Waals surface area contributed by atoms with Gasteiger partial charge in [0.2, 0.25) is 0 Å². The lowest BCUT2D eigenvalue weighted by atomic mass is 10.0. The van der Waals surface area contributed by atoms with Gasteiger partial charge >= 0.3 is 0 Å². The second-order valence-electron chi connectivity index (χ2n) is 8.08. The maximum Gasteiger partial charge on any atom is 0.278 e. The predicted octanol–water partition coefficient (Wildman–Crippen LogP) is 3.75. The first-order chi connectivity index (χ1) is 14.5. The predicted molar refractivity (Wildman–Crippen MR) is 117 cm³/mol. The van der Waals surface area contributed by atoms with Crippen LogP contribution in [-0.4, -0.2) is 45.2 Å².